The topological polar surface area (TPSA) is 109 Å². The molecule has 2 aliphatic rings. The molecule has 2 aliphatic heterocycles. The van der Waals surface area contributed by atoms with E-state index in [2.05, 4.69) is 45.2 Å². The van der Waals surface area contributed by atoms with Gasteiger partial charge in [-0.1, -0.05) is 24.3 Å². The van der Waals surface area contributed by atoms with Gasteiger partial charge in [0.25, 0.3) is 0 Å². The Balaban J connectivity index is 0.000000712. The molecule has 0 unspecified atom stereocenters. The van der Waals surface area contributed by atoms with Crippen LogP contribution < -0.4 is 9.64 Å². The quantitative estimate of drug-likeness (QED) is 0.272. The van der Waals surface area contributed by atoms with Gasteiger partial charge in [-0.3, -0.25) is 9.78 Å². The summed E-state index contributed by atoms with van der Waals surface area (Å²) in [4.78, 5) is 27.8. The highest BCUT2D eigenvalue weighted by atomic mass is 16.5. The Morgan fingerprint density at radius 3 is 2.34 bits per heavy atom. The molecule has 0 bridgehead atoms. The highest BCUT2D eigenvalue weighted by Crippen LogP contribution is 2.41. The molecular weight excluding hydrogens is 552 g/mol. The number of aryl methyl sites for hydroxylation is 4. The van der Waals surface area contributed by atoms with Crippen molar-refractivity contribution in [1.29, 1.82) is 0 Å². The standard InChI is InChI=1S/C32H32N4O3.C4H10O/c1-19-13-29(34-18-33-19)36-11-10-22-14-24(6-7-26(22)17-36)31-21(3)35-20(2)27(16-30(37)38)32(31)25-8-9-28-23(15-25)5-4-12-39-28;1-4(2,3)5/h6-9,13-15,18H,4-5,10-12,16-17H2,1-3H3,(H,37,38);5H,1-3H3. The fourth-order valence-corrected chi connectivity index (χ4v) is 5.96. The Bertz CT molecular complexity index is 1690. The van der Waals surface area contributed by atoms with Gasteiger partial charge >= 0.3 is 5.97 Å². The summed E-state index contributed by atoms with van der Waals surface area (Å²) in [5.41, 5.74) is 10.7. The molecule has 44 heavy (non-hydrogen) atoms. The van der Waals surface area contributed by atoms with Crippen LogP contribution in [-0.2, 0) is 30.6 Å². The van der Waals surface area contributed by atoms with Crippen molar-refractivity contribution in [2.24, 2.45) is 0 Å². The van der Waals surface area contributed by atoms with Gasteiger partial charge in [0, 0.05) is 41.8 Å². The van der Waals surface area contributed by atoms with E-state index in [0.29, 0.717) is 0 Å². The lowest BCUT2D eigenvalue weighted by Gasteiger charge is -2.30. The van der Waals surface area contributed by atoms with E-state index in [4.69, 9.17) is 14.8 Å². The number of carboxylic acids is 1. The molecule has 2 aromatic heterocycles. The average molecular weight is 595 g/mol. The van der Waals surface area contributed by atoms with Crippen molar-refractivity contribution in [2.45, 2.75) is 79.4 Å². The fraction of sp³-hybridized carbons (Fsp3) is 0.389. The molecule has 0 saturated carbocycles. The van der Waals surface area contributed by atoms with Crippen LogP contribution in [0.5, 0.6) is 5.75 Å². The third kappa shape index (κ3) is 7.25. The van der Waals surface area contributed by atoms with Crippen LogP contribution in [0.25, 0.3) is 22.3 Å². The molecule has 0 amide bonds. The van der Waals surface area contributed by atoms with Gasteiger partial charge in [0.1, 0.15) is 17.9 Å². The molecule has 0 saturated heterocycles. The second kappa shape index (κ2) is 12.7. The minimum Gasteiger partial charge on any atom is -0.493 e. The highest BCUT2D eigenvalue weighted by Gasteiger charge is 2.24. The van der Waals surface area contributed by atoms with Crippen molar-refractivity contribution in [3.05, 3.63) is 88.1 Å². The highest BCUT2D eigenvalue weighted by molar-refractivity contribution is 5.90. The minimum atomic E-state index is -0.859. The summed E-state index contributed by atoms with van der Waals surface area (Å²) in [7, 11) is 0. The first-order valence-electron chi connectivity index (χ1n) is 15.2. The number of aliphatic hydroxyl groups is 1. The van der Waals surface area contributed by atoms with Gasteiger partial charge in [0.15, 0.2) is 0 Å². The molecule has 6 rings (SSSR count). The van der Waals surface area contributed by atoms with Crippen molar-refractivity contribution >= 4 is 11.8 Å². The Morgan fingerprint density at radius 1 is 0.909 bits per heavy atom. The van der Waals surface area contributed by atoms with Gasteiger partial charge in [-0.2, -0.15) is 0 Å². The van der Waals surface area contributed by atoms with E-state index in [9.17, 15) is 9.90 Å². The molecular formula is C36H42N4O4. The van der Waals surface area contributed by atoms with Gasteiger partial charge in [0.05, 0.1) is 18.6 Å². The number of nitrogens with zero attached hydrogens (tertiary/aromatic N) is 4. The first kappa shape index (κ1) is 31.1. The Hall–Kier alpha value is -4.30. The number of anilines is 1. The number of pyridine rings is 1. The lowest BCUT2D eigenvalue weighted by molar-refractivity contribution is -0.136. The molecule has 4 aromatic rings. The molecule has 230 valence electrons. The third-order valence-electron chi connectivity index (χ3n) is 7.83. The maximum Gasteiger partial charge on any atom is 0.307 e. The summed E-state index contributed by atoms with van der Waals surface area (Å²) in [6.07, 6.45) is 4.39. The van der Waals surface area contributed by atoms with Gasteiger partial charge in [-0.15, -0.1) is 0 Å². The number of fused-ring (bicyclic) bond motifs is 2. The van der Waals surface area contributed by atoms with E-state index in [0.717, 1.165) is 95.4 Å². The summed E-state index contributed by atoms with van der Waals surface area (Å²) >= 11 is 0. The van der Waals surface area contributed by atoms with Crippen molar-refractivity contribution in [3.8, 4) is 28.0 Å². The molecule has 2 aromatic carbocycles. The first-order chi connectivity index (χ1) is 20.9. The average Bonchev–Trinajstić information content (AvgIpc) is 2.96. The van der Waals surface area contributed by atoms with Crippen molar-refractivity contribution in [3.63, 3.8) is 0 Å². The number of carbonyl (C=O) groups is 1. The van der Waals surface area contributed by atoms with Crippen LogP contribution in [0.2, 0.25) is 0 Å². The third-order valence-corrected chi connectivity index (χ3v) is 7.83. The van der Waals surface area contributed by atoms with Crippen LogP contribution in [-0.4, -0.2) is 49.9 Å². The van der Waals surface area contributed by atoms with Gasteiger partial charge in [0.2, 0.25) is 0 Å². The molecule has 8 heteroatoms. The molecule has 2 N–H and O–H groups in total. The Morgan fingerprint density at radius 2 is 1.61 bits per heavy atom. The Labute approximate surface area is 259 Å². The summed E-state index contributed by atoms with van der Waals surface area (Å²) < 4.78 is 5.86. The summed E-state index contributed by atoms with van der Waals surface area (Å²) in [6.45, 7) is 13.6. The molecule has 0 aliphatic carbocycles. The lowest BCUT2D eigenvalue weighted by atomic mass is 9.85. The first-order valence-corrected chi connectivity index (χ1v) is 15.2. The van der Waals surface area contributed by atoms with Crippen LogP contribution in [0, 0.1) is 20.8 Å². The monoisotopic (exact) mass is 594 g/mol. The van der Waals surface area contributed by atoms with Crippen molar-refractivity contribution in [1.82, 2.24) is 15.0 Å². The zero-order valence-electron chi connectivity index (χ0n) is 26.6. The largest absolute Gasteiger partial charge is 0.493 e. The maximum absolute atomic E-state index is 12.0. The molecule has 4 heterocycles. The Kier molecular flexibility index (Phi) is 9.02. The van der Waals surface area contributed by atoms with Crippen LogP contribution >= 0.6 is 0 Å². The molecule has 0 fully saturated rings. The van der Waals surface area contributed by atoms with Gasteiger partial charge in [-0.05, 0) is 112 Å². The van der Waals surface area contributed by atoms with Crippen LogP contribution in [0.4, 0.5) is 5.82 Å². The second-order valence-corrected chi connectivity index (χ2v) is 12.7. The molecule has 8 nitrogen and oxygen atoms in total. The van der Waals surface area contributed by atoms with Gasteiger partial charge < -0.3 is 19.8 Å². The van der Waals surface area contributed by atoms with E-state index in [1.807, 2.05) is 32.9 Å². The van der Waals surface area contributed by atoms with Gasteiger partial charge in [-0.25, -0.2) is 9.97 Å². The number of hydrogen-bond donors (Lipinski definition) is 2. The number of rotatable bonds is 5. The van der Waals surface area contributed by atoms with E-state index < -0.39 is 11.6 Å². The number of ether oxygens (including phenoxy) is 1. The zero-order valence-corrected chi connectivity index (χ0v) is 26.6. The summed E-state index contributed by atoms with van der Waals surface area (Å²) in [6, 6.07) is 14.9. The van der Waals surface area contributed by atoms with Crippen LogP contribution in [0.15, 0.2) is 48.8 Å². The fourth-order valence-electron chi connectivity index (χ4n) is 5.96. The van der Waals surface area contributed by atoms with Crippen LogP contribution in [0.3, 0.4) is 0 Å². The maximum atomic E-state index is 12.0. The number of aromatic nitrogens is 3. The number of aliphatic carboxylic acids is 1. The van der Waals surface area contributed by atoms with Crippen molar-refractivity contribution in [2.75, 3.05) is 18.1 Å². The predicted molar refractivity (Wildman–Crippen MR) is 173 cm³/mol. The number of hydrogen-bond acceptors (Lipinski definition) is 7. The predicted octanol–water partition coefficient (Wildman–Crippen LogP) is 6.42. The summed E-state index contributed by atoms with van der Waals surface area (Å²) in [5, 5.41) is 18.3. The van der Waals surface area contributed by atoms with E-state index in [1.165, 1.54) is 16.7 Å². The van der Waals surface area contributed by atoms with E-state index in [1.54, 1.807) is 27.1 Å². The molecule has 0 spiro atoms. The van der Waals surface area contributed by atoms with Crippen molar-refractivity contribution < 1.29 is 19.7 Å². The summed E-state index contributed by atoms with van der Waals surface area (Å²) in [5.74, 6) is 1.02. The second-order valence-electron chi connectivity index (χ2n) is 12.7. The SMILES string of the molecule is CC(C)(C)O.Cc1cc(N2CCc3cc(-c4c(C)nc(C)c(CC(=O)O)c4-c4ccc5c(c4)CCCO5)ccc3C2)ncn1. The number of benzene rings is 2. The normalized spacial score (nSPS) is 14.1. The van der Waals surface area contributed by atoms with E-state index in [-0.39, 0.29) is 6.42 Å². The minimum absolute atomic E-state index is 0.0761. The zero-order chi connectivity index (χ0) is 31.6. The molecule has 0 atom stereocenters. The lowest BCUT2D eigenvalue weighted by Crippen LogP contribution is -2.31. The smallest absolute Gasteiger partial charge is 0.307 e. The molecule has 0 radical (unpaired) electrons. The van der Waals surface area contributed by atoms with E-state index >= 15 is 0 Å². The number of carboxylic acid groups (broad SMARTS) is 1. The van der Waals surface area contributed by atoms with Crippen LogP contribution in [0.1, 0.15) is 66.5 Å².